The average molecular weight is 390 g/mol. The summed E-state index contributed by atoms with van der Waals surface area (Å²) >= 11 is 0. The highest BCUT2D eigenvalue weighted by atomic mass is 16.2. The van der Waals surface area contributed by atoms with Crippen LogP contribution in [-0.2, 0) is 11.8 Å². The number of hydrogen-bond acceptors (Lipinski definition) is 4. The quantitative estimate of drug-likeness (QED) is 0.585. The lowest BCUT2D eigenvalue weighted by atomic mass is 9.97. The molecule has 1 unspecified atom stereocenters. The zero-order valence-corrected chi connectivity index (χ0v) is 17.5. The number of rotatable bonds is 5. The van der Waals surface area contributed by atoms with Crippen molar-refractivity contribution in [2.24, 2.45) is 18.0 Å². The second-order valence-electron chi connectivity index (χ2n) is 7.97. The van der Waals surface area contributed by atoms with E-state index in [2.05, 4.69) is 33.8 Å². The van der Waals surface area contributed by atoms with Gasteiger partial charge < -0.3 is 20.4 Å². The number of carbonyl (C=O) groups excluding carboxylic acids is 1. The number of aromatic nitrogens is 2. The third kappa shape index (κ3) is 5.62. The summed E-state index contributed by atoms with van der Waals surface area (Å²) in [6.07, 6.45) is 8.42. The van der Waals surface area contributed by atoms with Crippen molar-refractivity contribution < 1.29 is 4.79 Å². The van der Waals surface area contributed by atoms with E-state index in [0.29, 0.717) is 12.0 Å². The first-order valence-electron chi connectivity index (χ1n) is 10.6. The first kappa shape index (κ1) is 20.5. The van der Waals surface area contributed by atoms with Gasteiger partial charge in [-0.1, -0.05) is 0 Å². The number of aliphatic imine (C=N–C) groups is 1. The highest BCUT2D eigenvalue weighted by Gasteiger charge is 2.23. The van der Waals surface area contributed by atoms with E-state index in [-0.39, 0.29) is 5.91 Å². The molecule has 1 aromatic heterocycles. The molecule has 28 heavy (non-hydrogen) atoms. The number of nitrogens with one attached hydrogen (secondary N) is 2. The fourth-order valence-corrected chi connectivity index (χ4v) is 4.07. The van der Waals surface area contributed by atoms with Gasteiger partial charge in [0.1, 0.15) is 0 Å². The minimum atomic E-state index is 0.187. The van der Waals surface area contributed by atoms with Gasteiger partial charge in [-0.15, -0.1) is 0 Å². The van der Waals surface area contributed by atoms with E-state index < -0.39 is 0 Å². The molecule has 0 aromatic carbocycles. The van der Waals surface area contributed by atoms with Crippen molar-refractivity contribution in [2.45, 2.75) is 45.6 Å². The molecule has 2 saturated heterocycles. The second-order valence-corrected chi connectivity index (χ2v) is 7.97. The van der Waals surface area contributed by atoms with Crippen molar-refractivity contribution >= 4 is 17.6 Å². The van der Waals surface area contributed by atoms with E-state index in [9.17, 15) is 4.79 Å². The molecule has 2 aliphatic rings. The minimum Gasteiger partial charge on any atom is -0.367 e. The molecule has 0 radical (unpaired) electrons. The Bertz CT molecular complexity index is 663. The number of anilines is 1. The SMILES string of the molecule is CCNC(=NCC1CCN(C(C)=O)CC1)NC1CCCN(c2cnn(C)c2)C1. The van der Waals surface area contributed by atoms with E-state index in [4.69, 9.17) is 4.99 Å². The topological polar surface area (TPSA) is 77.8 Å². The van der Waals surface area contributed by atoms with Gasteiger partial charge in [-0.25, -0.2) is 0 Å². The van der Waals surface area contributed by atoms with Crippen LogP contribution in [0.15, 0.2) is 17.4 Å². The number of likely N-dealkylation sites (tertiary alicyclic amines) is 1. The van der Waals surface area contributed by atoms with Crippen LogP contribution in [-0.4, -0.2) is 71.9 Å². The summed E-state index contributed by atoms with van der Waals surface area (Å²) in [5.74, 6) is 1.66. The summed E-state index contributed by atoms with van der Waals surface area (Å²) in [5.41, 5.74) is 1.19. The molecule has 8 nitrogen and oxygen atoms in total. The van der Waals surface area contributed by atoms with Crippen LogP contribution >= 0.6 is 0 Å². The first-order valence-corrected chi connectivity index (χ1v) is 10.6. The van der Waals surface area contributed by atoms with Crippen LogP contribution < -0.4 is 15.5 Å². The molecule has 1 atom stereocenters. The average Bonchev–Trinajstić information content (AvgIpc) is 3.13. The number of hydrogen-bond donors (Lipinski definition) is 2. The molecular formula is C20H35N7O. The van der Waals surface area contributed by atoms with Crippen LogP contribution in [0.4, 0.5) is 5.69 Å². The summed E-state index contributed by atoms with van der Waals surface area (Å²) in [6, 6.07) is 0.381. The summed E-state index contributed by atoms with van der Waals surface area (Å²) < 4.78 is 1.86. The highest BCUT2D eigenvalue weighted by Crippen LogP contribution is 2.19. The van der Waals surface area contributed by atoms with Gasteiger partial charge in [-0.05, 0) is 38.5 Å². The molecule has 1 amide bonds. The Morgan fingerprint density at radius 2 is 2.07 bits per heavy atom. The van der Waals surface area contributed by atoms with Gasteiger partial charge in [-0.2, -0.15) is 5.10 Å². The molecular weight excluding hydrogens is 354 g/mol. The van der Waals surface area contributed by atoms with Gasteiger partial charge in [0.2, 0.25) is 5.91 Å². The number of piperidine rings is 2. The lowest BCUT2D eigenvalue weighted by Gasteiger charge is -2.34. The molecule has 0 bridgehead atoms. The molecule has 3 heterocycles. The van der Waals surface area contributed by atoms with Crippen LogP contribution in [0.25, 0.3) is 0 Å². The van der Waals surface area contributed by atoms with E-state index >= 15 is 0 Å². The zero-order chi connectivity index (χ0) is 19.9. The van der Waals surface area contributed by atoms with Crippen LogP contribution in [0.5, 0.6) is 0 Å². The monoisotopic (exact) mass is 389 g/mol. The normalized spacial score (nSPS) is 21.7. The largest absolute Gasteiger partial charge is 0.367 e. The molecule has 0 saturated carbocycles. The summed E-state index contributed by atoms with van der Waals surface area (Å²) in [6.45, 7) is 9.20. The maximum Gasteiger partial charge on any atom is 0.219 e. The molecule has 2 fully saturated rings. The number of carbonyl (C=O) groups is 1. The maximum absolute atomic E-state index is 11.5. The van der Waals surface area contributed by atoms with Gasteiger partial charge in [0.25, 0.3) is 0 Å². The number of nitrogens with zero attached hydrogens (tertiary/aromatic N) is 5. The molecule has 156 valence electrons. The first-order chi connectivity index (χ1) is 13.5. The van der Waals surface area contributed by atoms with Crippen molar-refractivity contribution in [1.82, 2.24) is 25.3 Å². The zero-order valence-electron chi connectivity index (χ0n) is 17.5. The van der Waals surface area contributed by atoms with Gasteiger partial charge >= 0.3 is 0 Å². The van der Waals surface area contributed by atoms with Gasteiger partial charge in [0, 0.05) is 65.5 Å². The fraction of sp³-hybridized carbons (Fsp3) is 0.750. The van der Waals surface area contributed by atoms with Gasteiger partial charge in [0.05, 0.1) is 11.9 Å². The Morgan fingerprint density at radius 3 is 2.71 bits per heavy atom. The van der Waals surface area contributed by atoms with Crippen molar-refractivity contribution in [3.63, 3.8) is 0 Å². The third-order valence-corrected chi connectivity index (χ3v) is 5.73. The molecule has 2 N–H and O–H groups in total. The lowest BCUT2D eigenvalue weighted by molar-refractivity contribution is -0.130. The Hall–Kier alpha value is -2.25. The predicted octanol–water partition coefficient (Wildman–Crippen LogP) is 1.20. The van der Waals surface area contributed by atoms with Crippen molar-refractivity contribution in [3.05, 3.63) is 12.4 Å². The molecule has 2 aliphatic heterocycles. The standard InChI is InChI=1S/C20H35N7O/c1-4-21-20(22-12-17-7-10-26(11-8-17)16(2)28)24-18-6-5-9-27(14-18)19-13-23-25(3)15-19/h13,15,17-18H,4-12,14H2,1-3H3,(H2,21,22,24). The Kier molecular flexibility index (Phi) is 7.17. The molecule has 3 rings (SSSR count). The van der Waals surface area contributed by atoms with E-state index in [0.717, 1.165) is 70.9 Å². The van der Waals surface area contributed by atoms with Crippen molar-refractivity contribution in [3.8, 4) is 0 Å². The molecule has 8 heteroatoms. The minimum absolute atomic E-state index is 0.187. The third-order valence-electron chi connectivity index (χ3n) is 5.73. The molecule has 0 spiro atoms. The summed E-state index contributed by atoms with van der Waals surface area (Å²) in [5, 5.41) is 11.3. The molecule has 0 aliphatic carbocycles. The highest BCUT2D eigenvalue weighted by molar-refractivity contribution is 5.80. The lowest BCUT2D eigenvalue weighted by Crippen LogP contribution is -2.51. The molecule has 1 aromatic rings. The summed E-state index contributed by atoms with van der Waals surface area (Å²) in [4.78, 5) is 20.7. The van der Waals surface area contributed by atoms with E-state index in [1.165, 1.54) is 5.69 Å². The second kappa shape index (κ2) is 9.80. The van der Waals surface area contributed by atoms with Crippen LogP contribution in [0, 0.1) is 5.92 Å². The van der Waals surface area contributed by atoms with Crippen molar-refractivity contribution in [1.29, 1.82) is 0 Å². The van der Waals surface area contributed by atoms with Gasteiger partial charge in [-0.3, -0.25) is 14.5 Å². The maximum atomic E-state index is 11.5. The van der Waals surface area contributed by atoms with Crippen LogP contribution in [0.2, 0.25) is 0 Å². The number of aryl methyl sites for hydroxylation is 1. The van der Waals surface area contributed by atoms with Crippen LogP contribution in [0.3, 0.4) is 0 Å². The number of amides is 1. The Labute approximate surface area is 168 Å². The van der Waals surface area contributed by atoms with Crippen molar-refractivity contribution in [2.75, 3.05) is 44.2 Å². The van der Waals surface area contributed by atoms with E-state index in [1.54, 1.807) is 6.92 Å². The smallest absolute Gasteiger partial charge is 0.219 e. The Balaban J connectivity index is 1.52. The predicted molar refractivity (Wildman–Crippen MR) is 113 cm³/mol. The van der Waals surface area contributed by atoms with E-state index in [1.807, 2.05) is 22.8 Å². The van der Waals surface area contributed by atoms with Crippen LogP contribution in [0.1, 0.15) is 39.5 Å². The Morgan fingerprint density at radius 1 is 1.29 bits per heavy atom. The fourth-order valence-electron chi connectivity index (χ4n) is 4.07. The summed E-state index contributed by atoms with van der Waals surface area (Å²) in [7, 11) is 1.96. The van der Waals surface area contributed by atoms with Gasteiger partial charge in [0.15, 0.2) is 5.96 Å². The number of guanidine groups is 1.